The summed E-state index contributed by atoms with van der Waals surface area (Å²) >= 11 is 0. The van der Waals surface area contributed by atoms with Crippen LogP contribution in [0.2, 0.25) is 0 Å². The fraction of sp³-hybridized carbons (Fsp3) is 0.381. The minimum absolute atomic E-state index is 0.351. The van der Waals surface area contributed by atoms with Gasteiger partial charge in [-0.3, -0.25) is 9.69 Å². The van der Waals surface area contributed by atoms with Gasteiger partial charge in [0.25, 0.3) is 0 Å². The van der Waals surface area contributed by atoms with Crippen LogP contribution in [0.15, 0.2) is 36.5 Å². The van der Waals surface area contributed by atoms with Gasteiger partial charge < -0.3 is 19.9 Å². The first-order chi connectivity index (χ1) is 13.5. The third kappa shape index (κ3) is 5.60. The Labute approximate surface area is 170 Å². The summed E-state index contributed by atoms with van der Waals surface area (Å²) in [6.45, 7) is 8.69. The van der Waals surface area contributed by atoms with E-state index in [4.69, 9.17) is 9.47 Å². The first-order valence-corrected chi connectivity index (χ1v) is 9.14. The van der Waals surface area contributed by atoms with Gasteiger partial charge in [-0.25, -0.2) is 9.78 Å². The van der Waals surface area contributed by atoms with Gasteiger partial charge in [-0.15, -0.1) is 0 Å². The summed E-state index contributed by atoms with van der Waals surface area (Å²) in [4.78, 5) is 29.3. The third-order valence-corrected chi connectivity index (χ3v) is 4.30. The van der Waals surface area contributed by atoms with Crippen LogP contribution in [0.25, 0.3) is 0 Å². The van der Waals surface area contributed by atoms with Crippen molar-refractivity contribution in [1.82, 2.24) is 9.88 Å². The first kappa shape index (κ1) is 22.0. The lowest BCUT2D eigenvalue weighted by molar-refractivity contribution is -0.121. The van der Waals surface area contributed by atoms with Crippen LogP contribution >= 0.6 is 0 Å². The smallest absolute Gasteiger partial charge is 0.408 e. The molecule has 156 valence electrons. The van der Waals surface area contributed by atoms with Gasteiger partial charge in [0, 0.05) is 17.7 Å². The molecule has 0 spiro atoms. The van der Waals surface area contributed by atoms with Crippen LogP contribution in [0.1, 0.15) is 33.3 Å². The second-order valence-electron chi connectivity index (χ2n) is 7.61. The Morgan fingerprint density at radius 1 is 1.21 bits per heavy atom. The van der Waals surface area contributed by atoms with Crippen molar-refractivity contribution >= 4 is 17.7 Å². The highest BCUT2D eigenvalue weighted by molar-refractivity contribution is 5.96. The van der Waals surface area contributed by atoms with Gasteiger partial charge in [-0.2, -0.15) is 0 Å². The number of pyridine rings is 1. The Morgan fingerprint density at radius 2 is 1.90 bits per heavy atom. The van der Waals surface area contributed by atoms with Gasteiger partial charge >= 0.3 is 6.09 Å². The highest BCUT2D eigenvalue weighted by Gasteiger charge is 2.34. The van der Waals surface area contributed by atoms with Gasteiger partial charge in [0.2, 0.25) is 11.8 Å². The molecule has 0 aliphatic heterocycles. The van der Waals surface area contributed by atoms with E-state index >= 15 is 0 Å². The van der Waals surface area contributed by atoms with Crippen molar-refractivity contribution < 1.29 is 24.2 Å². The second-order valence-corrected chi connectivity index (χ2v) is 7.61. The van der Waals surface area contributed by atoms with Crippen molar-refractivity contribution in [3.05, 3.63) is 42.1 Å². The molecule has 2 amide bonds. The molecule has 0 fully saturated rings. The zero-order valence-corrected chi connectivity index (χ0v) is 17.5. The molecule has 8 nitrogen and oxygen atoms in total. The quantitative estimate of drug-likeness (QED) is 0.749. The maximum atomic E-state index is 12.5. The summed E-state index contributed by atoms with van der Waals surface area (Å²) in [5, 5.41) is 12.1. The number of nitrogens with one attached hydrogen (secondary N) is 1. The van der Waals surface area contributed by atoms with Gasteiger partial charge in [0.05, 0.1) is 19.0 Å². The number of methoxy groups -OCH3 is 1. The molecule has 1 aromatic carbocycles. The van der Waals surface area contributed by atoms with E-state index in [1.54, 1.807) is 53.0 Å². The summed E-state index contributed by atoms with van der Waals surface area (Å²) < 4.78 is 11.0. The molecule has 0 saturated carbocycles. The Morgan fingerprint density at radius 3 is 2.41 bits per heavy atom. The van der Waals surface area contributed by atoms with E-state index in [2.05, 4.69) is 10.3 Å². The summed E-state index contributed by atoms with van der Waals surface area (Å²) in [6.07, 6.45) is 0.295. The molecule has 1 unspecified atom stereocenters. The monoisotopic (exact) mass is 401 g/mol. The van der Waals surface area contributed by atoms with E-state index in [0.29, 0.717) is 23.1 Å². The highest BCUT2D eigenvalue weighted by atomic mass is 16.5. The normalized spacial score (nSPS) is 12.1. The molecule has 2 rings (SSSR count). The Bertz CT molecular complexity index is 875. The number of carboxylic acid groups (broad SMARTS) is 1. The summed E-state index contributed by atoms with van der Waals surface area (Å²) in [7, 11) is 1.59. The molecule has 0 aliphatic rings. The SMILES string of the molecule is COc1cc(Oc2ccc(NC(=O)C(C)N(C(=O)O)C(C)(C)C)cn2)ccc1C. The first-order valence-electron chi connectivity index (χ1n) is 9.14. The minimum atomic E-state index is -1.16. The van der Waals surface area contributed by atoms with Crippen LogP contribution in [-0.2, 0) is 4.79 Å². The zero-order valence-electron chi connectivity index (χ0n) is 17.5. The summed E-state index contributed by atoms with van der Waals surface area (Å²) in [5.41, 5.74) is 0.716. The average molecular weight is 401 g/mol. The maximum absolute atomic E-state index is 12.5. The van der Waals surface area contributed by atoms with Crippen LogP contribution in [-0.4, -0.2) is 45.7 Å². The number of amides is 2. The van der Waals surface area contributed by atoms with Gasteiger partial charge in [-0.05, 0) is 52.3 Å². The lowest BCUT2D eigenvalue weighted by atomic mass is 10.0. The number of carbonyl (C=O) groups excluding carboxylic acids is 1. The summed E-state index contributed by atoms with van der Waals surface area (Å²) in [6, 6.07) is 7.84. The zero-order chi connectivity index (χ0) is 21.8. The Hall–Kier alpha value is -3.29. The molecule has 0 bridgehead atoms. The molecule has 8 heteroatoms. The molecule has 2 aromatic rings. The highest BCUT2D eigenvalue weighted by Crippen LogP contribution is 2.27. The van der Waals surface area contributed by atoms with Crippen molar-refractivity contribution in [2.24, 2.45) is 0 Å². The van der Waals surface area contributed by atoms with E-state index in [1.807, 2.05) is 19.1 Å². The number of ether oxygens (including phenoxy) is 2. The number of aryl methyl sites for hydroxylation is 1. The van der Waals surface area contributed by atoms with E-state index in [9.17, 15) is 14.7 Å². The molecule has 29 heavy (non-hydrogen) atoms. The molecule has 1 heterocycles. The molecule has 0 aliphatic carbocycles. The predicted octanol–water partition coefficient (Wildman–Crippen LogP) is 4.30. The van der Waals surface area contributed by atoms with Crippen LogP contribution in [0.3, 0.4) is 0 Å². The van der Waals surface area contributed by atoms with Gasteiger partial charge in [0.1, 0.15) is 17.5 Å². The average Bonchev–Trinajstić information content (AvgIpc) is 2.63. The second kappa shape index (κ2) is 8.81. The molecule has 1 atom stereocenters. The number of benzene rings is 1. The molecule has 2 N–H and O–H groups in total. The number of anilines is 1. The lowest BCUT2D eigenvalue weighted by Crippen LogP contribution is -2.54. The van der Waals surface area contributed by atoms with Crippen molar-refractivity contribution in [1.29, 1.82) is 0 Å². The predicted molar refractivity (Wildman–Crippen MR) is 110 cm³/mol. The molecular formula is C21H27N3O5. The van der Waals surface area contributed by atoms with E-state index in [1.165, 1.54) is 6.20 Å². The Kier molecular flexibility index (Phi) is 6.68. The fourth-order valence-corrected chi connectivity index (χ4v) is 2.90. The minimum Gasteiger partial charge on any atom is -0.496 e. The van der Waals surface area contributed by atoms with Crippen molar-refractivity contribution in [3.8, 4) is 17.4 Å². The number of aromatic nitrogens is 1. The topological polar surface area (TPSA) is 101 Å². The number of carbonyl (C=O) groups is 2. The molecule has 0 radical (unpaired) electrons. The van der Waals surface area contributed by atoms with Crippen molar-refractivity contribution in [2.75, 3.05) is 12.4 Å². The standard InChI is InChI=1S/C21H27N3O5/c1-13-7-9-16(11-17(13)28-6)29-18-10-8-15(12-22-18)23-19(25)14(2)24(20(26)27)21(3,4)5/h7-12,14H,1-6H3,(H,23,25)(H,26,27). The lowest BCUT2D eigenvalue weighted by Gasteiger charge is -2.37. The third-order valence-electron chi connectivity index (χ3n) is 4.30. The maximum Gasteiger partial charge on any atom is 0.408 e. The number of nitrogens with zero attached hydrogens (tertiary/aromatic N) is 2. The van der Waals surface area contributed by atoms with Gasteiger partial charge in [-0.1, -0.05) is 6.07 Å². The van der Waals surface area contributed by atoms with E-state index < -0.39 is 23.6 Å². The Balaban J connectivity index is 2.06. The van der Waals surface area contributed by atoms with E-state index in [-0.39, 0.29) is 0 Å². The summed E-state index contributed by atoms with van der Waals surface area (Å²) in [5.74, 6) is 1.19. The van der Waals surface area contributed by atoms with Crippen LogP contribution in [0, 0.1) is 6.92 Å². The van der Waals surface area contributed by atoms with Crippen LogP contribution in [0.5, 0.6) is 17.4 Å². The largest absolute Gasteiger partial charge is 0.496 e. The van der Waals surface area contributed by atoms with Crippen molar-refractivity contribution in [3.63, 3.8) is 0 Å². The fourth-order valence-electron chi connectivity index (χ4n) is 2.90. The number of hydrogen-bond acceptors (Lipinski definition) is 5. The van der Waals surface area contributed by atoms with E-state index in [0.717, 1.165) is 10.5 Å². The van der Waals surface area contributed by atoms with Gasteiger partial charge in [0.15, 0.2) is 0 Å². The van der Waals surface area contributed by atoms with Crippen LogP contribution in [0.4, 0.5) is 10.5 Å². The molecule has 1 aromatic heterocycles. The van der Waals surface area contributed by atoms with Crippen LogP contribution < -0.4 is 14.8 Å². The molecule has 0 saturated heterocycles. The number of rotatable bonds is 6. The number of hydrogen-bond donors (Lipinski definition) is 2. The van der Waals surface area contributed by atoms with Crippen molar-refractivity contribution in [2.45, 2.75) is 46.2 Å². The molecular weight excluding hydrogens is 374 g/mol.